The van der Waals surface area contributed by atoms with E-state index < -0.39 is 0 Å². The van der Waals surface area contributed by atoms with Crippen LogP contribution >= 0.6 is 0 Å². The Morgan fingerprint density at radius 2 is 1.68 bits per heavy atom. The van der Waals surface area contributed by atoms with E-state index in [1.807, 2.05) is 0 Å². The van der Waals surface area contributed by atoms with Gasteiger partial charge in [-0.25, -0.2) is 4.98 Å². The zero-order valence-electron chi connectivity index (χ0n) is 12.7. The lowest BCUT2D eigenvalue weighted by atomic mass is 9.96. The molecule has 1 N–H and O–H groups in total. The number of para-hydroxylation sites is 2. The van der Waals surface area contributed by atoms with Crippen LogP contribution in [0.1, 0.15) is 30.1 Å². The van der Waals surface area contributed by atoms with E-state index in [-0.39, 0.29) is 0 Å². The minimum Gasteiger partial charge on any atom is -0.342 e. The van der Waals surface area contributed by atoms with Crippen molar-refractivity contribution in [2.24, 2.45) is 0 Å². The number of benzene rings is 2. The summed E-state index contributed by atoms with van der Waals surface area (Å²) in [7, 11) is 0. The van der Waals surface area contributed by atoms with E-state index in [1.54, 1.807) is 0 Å². The first-order valence-corrected chi connectivity index (χ1v) is 8.09. The zero-order chi connectivity index (χ0) is 14.8. The Kier molecular flexibility index (Phi) is 3.65. The van der Waals surface area contributed by atoms with Gasteiger partial charge in [0.2, 0.25) is 0 Å². The van der Waals surface area contributed by atoms with Crippen molar-refractivity contribution in [3.8, 4) is 0 Å². The third-order valence-electron chi connectivity index (χ3n) is 4.63. The largest absolute Gasteiger partial charge is 0.342 e. The Morgan fingerprint density at radius 3 is 2.45 bits per heavy atom. The molecule has 0 unspecified atom stereocenters. The van der Waals surface area contributed by atoms with Crippen LogP contribution in [0.4, 0.5) is 0 Å². The molecule has 1 fully saturated rings. The number of H-pyrrole nitrogens is 1. The van der Waals surface area contributed by atoms with Crippen molar-refractivity contribution in [2.75, 3.05) is 13.1 Å². The molecule has 3 heteroatoms. The summed E-state index contributed by atoms with van der Waals surface area (Å²) in [5.41, 5.74) is 3.65. The molecule has 112 valence electrons. The first-order valence-electron chi connectivity index (χ1n) is 8.09. The van der Waals surface area contributed by atoms with Gasteiger partial charge in [0.15, 0.2) is 0 Å². The maximum atomic E-state index is 4.77. The number of piperidine rings is 1. The lowest BCUT2D eigenvalue weighted by Crippen LogP contribution is -2.32. The molecule has 0 spiro atoms. The third-order valence-corrected chi connectivity index (χ3v) is 4.63. The second-order valence-corrected chi connectivity index (χ2v) is 6.18. The number of rotatable bonds is 3. The highest BCUT2D eigenvalue weighted by atomic mass is 15.1. The predicted molar refractivity (Wildman–Crippen MR) is 89.8 cm³/mol. The van der Waals surface area contributed by atoms with Gasteiger partial charge < -0.3 is 4.98 Å². The smallest absolute Gasteiger partial charge is 0.110 e. The van der Waals surface area contributed by atoms with Gasteiger partial charge in [-0.05, 0) is 43.6 Å². The van der Waals surface area contributed by atoms with Crippen LogP contribution in [0.25, 0.3) is 11.0 Å². The molecule has 2 aromatic carbocycles. The molecule has 3 nitrogen and oxygen atoms in total. The van der Waals surface area contributed by atoms with Gasteiger partial charge in [0, 0.05) is 12.5 Å². The Labute approximate surface area is 131 Å². The second-order valence-electron chi connectivity index (χ2n) is 6.18. The van der Waals surface area contributed by atoms with Crippen molar-refractivity contribution in [1.29, 1.82) is 0 Å². The number of likely N-dealkylation sites (tertiary alicyclic amines) is 1. The van der Waals surface area contributed by atoms with Crippen LogP contribution in [-0.2, 0) is 6.54 Å². The van der Waals surface area contributed by atoms with E-state index in [2.05, 4.69) is 64.5 Å². The second kappa shape index (κ2) is 5.93. The maximum Gasteiger partial charge on any atom is 0.110 e. The molecule has 3 aromatic rings. The van der Waals surface area contributed by atoms with Gasteiger partial charge in [0.25, 0.3) is 0 Å². The lowest BCUT2D eigenvalue weighted by Gasteiger charge is -2.31. The molecular weight excluding hydrogens is 270 g/mol. The Bertz CT molecular complexity index is 706. The average molecular weight is 291 g/mol. The fourth-order valence-electron chi connectivity index (χ4n) is 3.37. The number of aromatic amines is 1. The number of aromatic nitrogens is 2. The first-order chi connectivity index (χ1) is 10.9. The fourth-order valence-corrected chi connectivity index (χ4v) is 3.37. The summed E-state index contributed by atoms with van der Waals surface area (Å²) in [5.74, 6) is 1.74. The van der Waals surface area contributed by atoms with Crippen LogP contribution < -0.4 is 0 Å². The topological polar surface area (TPSA) is 31.9 Å². The highest BCUT2D eigenvalue weighted by Crippen LogP contribution is 2.28. The van der Waals surface area contributed by atoms with Gasteiger partial charge in [0.05, 0.1) is 11.0 Å². The van der Waals surface area contributed by atoms with Crippen molar-refractivity contribution in [2.45, 2.75) is 25.3 Å². The summed E-state index contributed by atoms with van der Waals surface area (Å²) >= 11 is 0. The monoisotopic (exact) mass is 291 g/mol. The number of hydrogen-bond acceptors (Lipinski definition) is 2. The maximum absolute atomic E-state index is 4.77. The summed E-state index contributed by atoms with van der Waals surface area (Å²) in [6.07, 6.45) is 2.37. The summed E-state index contributed by atoms with van der Waals surface area (Å²) < 4.78 is 0. The average Bonchev–Trinajstić information content (AvgIpc) is 3.00. The zero-order valence-corrected chi connectivity index (χ0v) is 12.7. The summed E-state index contributed by atoms with van der Waals surface area (Å²) in [6, 6.07) is 19.1. The van der Waals surface area contributed by atoms with E-state index in [0.717, 1.165) is 30.7 Å². The molecule has 1 aliphatic heterocycles. The van der Waals surface area contributed by atoms with Crippen LogP contribution in [-0.4, -0.2) is 28.0 Å². The molecule has 2 heterocycles. The van der Waals surface area contributed by atoms with E-state index >= 15 is 0 Å². The molecule has 22 heavy (non-hydrogen) atoms. The van der Waals surface area contributed by atoms with Gasteiger partial charge in [-0.15, -0.1) is 0 Å². The molecule has 4 rings (SSSR count). The number of imidazole rings is 1. The SMILES string of the molecule is c1ccc(CN2CCC(c3nc4ccccc4[nH]3)CC2)cc1. The molecule has 0 bridgehead atoms. The van der Waals surface area contributed by atoms with E-state index in [9.17, 15) is 0 Å². The van der Waals surface area contributed by atoms with Crippen molar-refractivity contribution < 1.29 is 0 Å². The summed E-state index contributed by atoms with van der Waals surface area (Å²) in [4.78, 5) is 10.8. The van der Waals surface area contributed by atoms with Gasteiger partial charge >= 0.3 is 0 Å². The molecule has 0 saturated carbocycles. The van der Waals surface area contributed by atoms with Crippen LogP contribution in [0.2, 0.25) is 0 Å². The molecular formula is C19H21N3. The summed E-state index contributed by atoms with van der Waals surface area (Å²) in [5, 5.41) is 0. The van der Waals surface area contributed by atoms with Crippen LogP contribution in [0, 0.1) is 0 Å². The van der Waals surface area contributed by atoms with E-state index in [1.165, 1.54) is 24.2 Å². The fraction of sp³-hybridized carbons (Fsp3) is 0.316. The van der Waals surface area contributed by atoms with E-state index in [4.69, 9.17) is 4.98 Å². The Balaban J connectivity index is 1.41. The number of fused-ring (bicyclic) bond motifs is 1. The van der Waals surface area contributed by atoms with E-state index in [0.29, 0.717) is 5.92 Å². The van der Waals surface area contributed by atoms with Crippen LogP contribution in [0.15, 0.2) is 54.6 Å². The highest BCUT2D eigenvalue weighted by Gasteiger charge is 2.22. The molecule has 0 atom stereocenters. The highest BCUT2D eigenvalue weighted by molar-refractivity contribution is 5.74. The van der Waals surface area contributed by atoms with Gasteiger partial charge in [-0.3, -0.25) is 4.90 Å². The van der Waals surface area contributed by atoms with Crippen LogP contribution in [0.5, 0.6) is 0 Å². The lowest BCUT2D eigenvalue weighted by molar-refractivity contribution is 0.202. The molecule has 0 amide bonds. The van der Waals surface area contributed by atoms with Gasteiger partial charge in [0.1, 0.15) is 5.82 Å². The van der Waals surface area contributed by atoms with Crippen molar-refractivity contribution in [3.05, 3.63) is 66.0 Å². The van der Waals surface area contributed by atoms with Crippen molar-refractivity contribution in [1.82, 2.24) is 14.9 Å². The predicted octanol–water partition coefficient (Wildman–Crippen LogP) is 3.94. The molecule has 0 aliphatic carbocycles. The molecule has 1 aromatic heterocycles. The first kappa shape index (κ1) is 13.5. The Morgan fingerprint density at radius 1 is 0.955 bits per heavy atom. The number of nitrogens with one attached hydrogen (secondary N) is 1. The molecule has 1 aliphatic rings. The van der Waals surface area contributed by atoms with Gasteiger partial charge in [-0.2, -0.15) is 0 Å². The van der Waals surface area contributed by atoms with Crippen LogP contribution in [0.3, 0.4) is 0 Å². The molecule has 0 radical (unpaired) electrons. The standard InChI is InChI=1S/C19H21N3/c1-2-6-15(7-3-1)14-22-12-10-16(11-13-22)19-20-17-8-4-5-9-18(17)21-19/h1-9,16H,10-14H2,(H,20,21). The minimum absolute atomic E-state index is 0.569. The quantitative estimate of drug-likeness (QED) is 0.792. The van der Waals surface area contributed by atoms with Gasteiger partial charge in [-0.1, -0.05) is 42.5 Å². The van der Waals surface area contributed by atoms with Crippen molar-refractivity contribution in [3.63, 3.8) is 0 Å². The van der Waals surface area contributed by atoms with Crippen molar-refractivity contribution >= 4 is 11.0 Å². The third kappa shape index (κ3) is 2.77. The number of hydrogen-bond donors (Lipinski definition) is 1. The molecule has 1 saturated heterocycles. The normalized spacial score (nSPS) is 17.1. The summed E-state index contributed by atoms with van der Waals surface area (Å²) in [6.45, 7) is 3.36. The Hall–Kier alpha value is -2.13. The minimum atomic E-state index is 0.569. The number of nitrogens with zero attached hydrogens (tertiary/aromatic N) is 2.